The molecule has 0 bridgehead atoms. The maximum atomic E-state index is 2.31. The first-order valence-corrected chi connectivity index (χ1v) is 11.4. The van der Waals surface area contributed by atoms with Gasteiger partial charge in [0, 0.05) is 17.1 Å². The molecule has 160 valence electrons. The van der Waals surface area contributed by atoms with Crippen LogP contribution in [0.2, 0.25) is 0 Å². The molecule has 0 N–H and O–H groups in total. The predicted octanol–water partition coefficient (Wildman–Crippen LogP) is 9.11. The molecule has 0 saturated carbocycles. The van der Waals surface area contributed by atoms with Crippen molar-refractivity contribution in [1.82, 2.24) is 0 Å². The van der Waals surface area contributed by atoms with E-state index in [-0.39, 0.29) is 0 Å². The molecule has 5 rings (SSSR count). The lowest BCUT2D eigenvalue weighted by Gasteiger charge is -2.26. The number of nitrogens with zero attached hydrogens (tertiary/aromatic N) is 1. The van der Waals surface area contributed by atoms with Crippen LogP contribution < -0.4 is 4.90 Å². The van der Waals surface area contributed by atoms with Crippen LogP contribution in [0, 0.1) is 13.8 Å². The molecule has 0 spiro atoms. The zero-order valence-electron chi connectivity index (χ0n) is 19.1. The van der Waals surface area contributed by atoms with Gasteiger partial charge in [-0.3, -0.25) is 0 Å². The maximum absolute atomic E-state index is 2.31. The van der Waals surface area contributed by atoms with E-state index in [1.165, 1.54) is 33.4 Å². The molecule has 0 unspecified atom stereocenters. The van der Waals surface area contributed by atoms with Gasteiger partial charge in [0.15, 0.2) is 0 Å². The average molecular weight is 426 g/mol. The van der Waals surface area contributed by atoms with Gasteiger partial charge in [0.2, 0.25) is 0 Å². The van der Waals surface area contributed by atoms with Crippen LogP contribution in [0.5, 0.6) is 0 Å². The summed E-state index contributed by atoms with van der Waals surface area (Å²) in [5.74, 6) is 0. The molecule has 0 aromatic heterocycles. The Hall–Kier alpha value is -4.10. The molecule has 33 heavy (non-hydrogen) atoms. The molecule has 0 saturated heterocycles. The second kappa shape index (κ2) is 9.18. The van der Waals surface area contributed by atoms with Crippen LogP contribution >= 0.6 is 0 Å². The van der Waals surface area contributed by atoms with Crippen molar-refractivity contribution in [2.75, 3.05) is 4.90 Å². The lowest BCUT2D eigenvalue weighted by Crippen LogP contribution is -2.09. The van der Waals surface area contributed by atoms with Gasteiger partial charge < -0.3 is 4.90 Å². The van der Waals surface area contributed by atoms with Crippen LogP contribution in [-0.2, 0) is 0 Å². The first-order valence-electron chi connectivity index (χ1n) is 11.4. The Morgan fingerprint density at radius 3 is 1.18 bits per heavy atom. The highest BCUT2D eigenvalue weighted by molar-refractivity contribution is 5.85. The van der Waals surface area contributed by atoms with Gasteiger partial charge in [0.05, 0.1) is 0 Å². The van der Waals surface area contributed by atoms with E-state index in [1.807, 2.05) is 0 Å². The SMILES string of the molecule is Cc1ccc(N(c2ccc(C)cc2)c2ccc(-c3ccccc3-c3ccccc3)cc2)cc1. The monoisotopic (exact) mass is 425 g/mol. The van der Waals surface area contributed by atoms with Crippen molar-refractivity contribution in [2.24, 2.45) is 0 Å². The molecule has 0 radical (unpaired) electrons. The molecule has 0 aliphatic rings. The van der Waals surface area contributed by atoms with Crippen LogP contribution in [0.15, 0.2) is 127 Å². The average Bonchev–Trinajstić information content (AvgIpc) is 2.87. The molecule has 5 aromatic carbocycles. The second-order valence-electron chi connectivity index (χ2n) is 8.46. The number of anilines is 3. The highest BCUT2D eigenvalue weighted by atomic mass is 15.1. The van der Waals surface area contributed by atoms with Gasteiger partial charge in [-0.15, -0.1) is 0 Å². The van der Waals surface area contributed by atoms with E-state index in [9.17, 15) is 0 Å². The van der Waals surface area contributed by atoms with Crippen LogP contribution in [0.25, 0.3) is 22.3 Å². The van der Waals surface area contributed by atoms with Crippen LogP contribution in [0.4, 0.5) is 17.1 Å². The largest absolute Gasteiger partial charge is 0.311 e. The third kappa shape index (κ3) is 4.44. The van der Waals surface area contributed by atoms with Crippen LogP contribution in [-0.4, -0.2) is 0 Å². The van der Waals surface area contributed by atoms with Gasteiger partial charge in [-0.2, -0.15) is 0 Å². The van der Waals surface area contributed by atoms with Crippen molar-refractivity contribution in [3.63, 3.8) is 0 Å². The predicted molar refractivity (Wildman–Crippen MR) is 141 cm³/mol. The standard InChI is InChI=1S/C32H27N/c1-24-12-18-28(19-13-24)33(29-20-14-25(2)15-21-29)30-22-16-27(17-23-30)32-11-7-6-10-31(32)26-8-4-3-5-9-26/h3-23H,1-2H3. The molecular formula is C32H27N. The smallest absolute Gasteiger partial charge is 0.0462 e. The minimum Gasteiger partial charge on any atom is -0.311 e. The Morgan fingerprint density at radius 2 is 0.727 bits per heavy atom. The van der Waals surface area contributed by atoms with Crippen molar-refractivity contribution in [2.45, 2.75) is 13.8 Å². The second-order valence-corrected chi connectivity index (χ2v) is 8.46. The maximum Gasteiger partial charge on any atom is 0.0462 e. The van der Waals surface area contributed by atoms with Crippen LogP contribution in [0.3, 0.4) is 0 Å². The van der Waals surface area contributed by atoms with E-state index in [4.69, 9.17) is 0 Å². The summed E-state index contributed by atoms with van der Waals surface area (Å²) in [6.07, 6.45) is 0. The van der Waals surface area contributed by atoms with Gasteiger partial charge in [-0.25, -0.2) is 0 Å². The first kappa shape index (κ1) is 20.8. The lowest BCUT2D eigenvalue weighted by molar-refractivity contribution is 1.27. The number of aryl methyl sites for hydroxylation is 2. The van der Waals surface area contributed by atoms with Crippen molar-refractivity contribution in [3.8, 4) is 22.3 Å². The molecule has 0 fully saturated rings. The summed E-state index contributed by atoms with van der Waals surface area (Å²) < 4.78 is 0. The zero-order valence-corrected chi connectivity index (χ0v) is 19.1. The number of hydrogen-bond donors (Lipinski definition) is 0. The van der Waals surface area contributed by atoms with E-state index < -0.39 is 0 Å². The lowest BCUT2D eigenvalue weighted by atomic mass is 9.94. The number of hydrogen-bond acceptors (Lipinski definition) is 1. The molecule has 0 aliphatic carbocycles. The fourth-order valence-corrected chi connectivity index (χ4v) is 4.23. The van der Waals surface area contributed by atoms with Gasteiger partial charge in [-0.1, -0.05) is 102 Å². The first-order chi connectivity index (χ1) is 16.2. The highest BCUT2D eigenvalue weighted by Crippen LogP contribution is 2.37. The van der Waals surface area contributed by atoms with Gasteiger partial charge >= 0.3 is 0 Å². The minimum absolute atomic E-state index is 1.14. The van der Waals surface area contributed by atoms with Gasteiger partial charge in [0.25, 0.3) is 0 Å². The highest BCUT2D eigenvalue weighted by Gasteiger charge is 2.13. The Morgan fingerprint density at radius 1 is 0.364 bits per heavy atom. The third-order valence-corrected chi connectivity index (χ3v) is 6.03. The molecular weight excluding hydrogens is 398 g/mol. The summed E-state index contributed by atoms with van der Waals surface area (Å²) in [4.78, 5) is 2.31. The molecule has 1 nitrogen and oxygen atoms in total. The summed E-state index contributed by atoms with van der Waals surface area (Å²) in [6.45, 7) is 4.25. The van der Waals surface area contributed by atoms with E-state index in [2.05, 4.69) is 146 Å². The summed E-state index contributed by atoms with van der Waals surface area (Å²) in [7, 11) is 0. The van der Waals surface area contributed by atoms with Crippen molar-refractivity contribution in [1.29, 1.82) is 0 Å². The Labute approximate surface area is 196 Å². The number of rotatable bonds is 5. The summed E-state index contributed by atoms with van der Waals surface area (Å²) >= 11 is 0. The van der Waals surface area contributed by atoms with Crippen LogP contribution in [0.1, 0.15) is 11.1 Å². The molecule has 0 amide bonds. The van der Waals surface area contributed by atoms with Gasteiger partial charge in [0.1, 0.15) is 0 Å². The molecule has 1 heteroatoms. The van der Waals surface area contributed by atoms with E-state index >= 15 is 0 Å². The Bertz CT molecular complexity index is 1290. The Kier molecular flexibility index (Phi) is 5.78. The number of benzene rings is 5. The van der Waals surface area contributed by atoms with Crippen molar-refractivity contribution < 1.29 is 0 Å². The van der Waals surface area contributed by atoms with Crippen molar-refractivity contribution >= 4 is 17.1 Å². The van der Waals surface area contributed by atoms with E-state index in [1.54, 1.807) is 0 Å². The molecule has 0 aliphatic heterocycles. The minimum atomic E-state index is 1.14. The quantitative estimate of drug-likeness (QED) is 0.271. The van der Waals surface area contributed by atoms with E-state index in [0.29, 0.717) is 0 Å². The fourth-order valence-electron chi connectivity index (χ4n) is 4.23. The van der Waals surface area contributed by atoms with Crippen molar-refractivity contribution in [3.05, 3.63) is 139 Å². The molecule has 0 atom stereocenters. The fraction of sp³-hybridized carbons (Fsp3) is 0.0625. The summed E-state index contributed by atoms with van der Waals surface area (Å²) in [5.41, 5.74) is 10.9. The summed E-state index contributed by atoms with van der Waals surface area (Å²) in [5, 5.41) is 0. The Balaban J connectivity index is 1.56. The summed E-state index contributed by atoms with van der Waals surface area (Å²) in [6, 6.07) is 45.5. The van der Waals surface area contributed by atoms with E-state index in [0.717, 1.165) is 17.1 Å². The molecule has 5 aromatic rings. The zero-order chi connectivity index (χ0) is 22.6. The third-order valence-electron chi connectivity index (χ3n) is 6.03. The normalized spacial score (nSPS) is 10.7. The topological polar surface area (TPSA) is 3.24 Å². The van der Waals surface area contributed by atoms with Gasteiger partial charge in [-0.05, 0) is 72.5 Å². The molecule has 0 heterocycles.